The van der Waals surface area contributed by atoms with Crippen LogP contribution in [0.3, 0.4) is 0 Å². The van der Waals surface area contributed by atoms with Crippen molar-refractivity contribution in [3.8, 4) is 0 Å². The zero-order chi connectivity index (χ0) is 6.53. The minimum atomic E-state index is 0.926. The lowest BCUT2D eigenvalue weighted by Crippen LogP contribution is -2.22. The van der Waals surface area contributed by atoms with Crippen molar-refractivity contribution in [1.29, 1.82) is 0 Å². The van der Waals surface area contributed by atoms with Gasteiger partial charge in [0.15, 0.2) is 0 Å². The summed E-state index contributed by atoms with van der Waals surface area (Å²) in [5.74, 6) is 0. The van der Waals surface area contributed by atoms with E-state index in [2.05, 4.69) is 27.9 Å². The van der Waals surface area contributed by atoms with Crippen LogP contribution in [0.1, 0.15) is 25.7 Å². The molecule has 54 valence electrons. The third-order valence-electron chi connectivity index (χ3n) is 1.76. The normalized spacial score (nSPS) is 31.0. The maximum absolute atomic E-state index is 3.41. The van der Waals surface area contributed by atoms with Crippen molar-refractivity contribution in [3.05, 3.63) is 0 Å². The fraction of sp³-hybridized carbons (Fsp3) is 1.00. The van der Waals surface area contributed by atoms with Crippen LogP contribution in [0.15, 0.2) is 0 Å². The van der Waals surface area contributed by atoms with Gasteiger partial charge in [0.1, 0.15) is 0 Å². The molecule has 0 aromatic carbocycles. The number of hydrogen-bond donors (Lipinski definition) is 1. The van der Waals surface area contributed by atoms with Crippen LogP contribution >= 0.6 is 22.6 Å². The van der Waals surface area contributed by atoms with Crippen LogP contribution in [0.25, 0.3) is 0 Å². The zero-order valence-corrected chi connectivity index (χ0v) is 7.86. The van der Waals surface area contributed by atoms with Crippen molar-refractivity contribution in [1.82, 2.24) is 5.32 Å². The van der Waals surface area contributed by atoms with Gasteiger partial charge in [-0.05, 0) is 32.4 Å². The summed E-state index contributed by atoms with van der Waals surface area (Å²) in [6, 6.07) is 0. The molecular formula is C7H14IN. The monoisotopic (exact) mass is 239 g/mol. The van der Waals surface area contributed by atoms with Gasteiger partial charge in [-0.2, -0.15) is 0 Å². The Balaban J connectivity index is 2.12. The molecule has 1 aliphatic heterocycles. The molecule has 0 bridgehead atoms. The molecule has 1 atom stereocenters. The highest BCUT2D eigenvalue weighted by Crippen LogP contribution is 2.14. The molecule has 1 rings (SSSR count). The highest BCUT2D eigenvalue weighted by molar-refractivity contribution is 14.1. The summed E-state index contributed by atoms with van der Waals surface area (Å²) in [5, 5.41) is 3.41. The van der Waals surface area contributed by atoms with Crippen LogP contribution in [0.2, 0.25) is 0 Å². The van der Waals surface area contributed by atoms with Gasteiger partial charge in [-0.15, -0.1) is 0 Å². The molecule has 0 aliphatic carbocycles. The van der Waals surface area contributed by atoms with E-state index in [0.717, 1.165) is 3.92 Å². The van der Waals surface area contributed by atoms with Gasteiger partial charge in [-0.1, -0.05) is 29.0 Å². The summed E-state index contributed by atoms with van der Waals surface area (Å²) >= 11 is 2.56. The van der Waals surface area contributed by atoms with Crippen molar-refractivity contribution in [3.63, 3.8) is 0 Å². The maximum atomic E-state index is 3.41. The van der Waals surface area contributed by atoms with Gasteiger partial charge in [-0.25, -0.2) is 0 Å². The third kappa shape index (κ3) is 3.40. The fourth-order valence-electron chi connectivity index (χ4n) is 1.14. The Hall–Kier alpha value is 0.690. The maximum Gasteiger partial charge on any atom is 0.0122 e. The van der Waals surface area contributed by atoms with Crippen LogP contribution in [0, 0.1) is 0 Å². The Morgan fingerprint density at radius 2 is 2.00 bits per heavy atom. The molecular weight excluding hydrogens is 225 g/mol. The summed E-state index contributed by atoms with van der Waals surface area (Å²) in [5.41, 5.74) is 0. The van der Waals surface area contributed by atoms with E-state index >= 15 is 0 Å². The van der Waals surface area contributed by atoms with E-state index in [1.54, 1.807) is 0 Å². The first-order valence-corrected chi connectivity index (χ1v) is 4.99. The van der Waals surface area contributed by atoms with Crippen LogP contribution in [-0.2, 0) is 0 Å². The van der Waals surface area contributed by atoms with Crippen molar-refractivity contribution >= 4 is 22.6 Å². The van der Waals surface area contributed by atoms with E-state index < -0.39 is 0 Å². The molecule has 1 aliphatic rings. The molecule has 1 nitrogen and oxygen atoms in total. The average Bonchev–Trinajstić information content (AvgIpc) is 1.79. The largest absolute Gasteiger partial charge is 0.317 e. The topological polar surface area (TPSA) is 12.0 Å². The summed E-state index contributed by atoms with van der Waals surface area (Å²) < 4.78 is 0.926. The van der Waals surface area contributed by atoms with Crippen LogP contribution in [0.5, 0.6) is 0 Å². The van der Waals surface area contributed by atoms with Crippen molar-refractivity contribution in [2.75, 3.05) is 13.1 Å². The molecule has 0 aromatic rings. The molecule has 1 heterocycles. The Morgan fingerprint density at radius 3 is 2.89 bits per heavy atom. The van der Waals surface area contributed by atoms with Gasteiger partial charge < -0.3 is 5.32 Å². The SMILES string of the molecule is IC1CCCCNCC1. The van der Waals surface area contributed by atoms with Gasteiger partial charge in [0.2, 0.25) is 0 Å². The second-order valence-electron chi connectivity index (χ2n) is 2.63. The first-order valence-electron chi connectivity index (χ1n) is 3.74. The highest BCUT2D eigenvalue weighted by atomic mass is 127. The van der Waals surface area contributed by atoms with Gasteiger partial charge in [0.05, 0.1) is 0 Å². The molecule has 9 heavy (non-hydrogen) atoms. The Labute approximate surface area is 70.7 Å². The lowest BCUT2D eigenvalue weighted by molar-refractivity contribution is 0.533. The van der Waals surface area contributed by atoms with Crippen LogP contribution in [-0.4, -0.2) is 17.0 Å². The Bertz CT molecular complexity index is 67.3. The molecule has 1 fully saturated rings. The summed E-state index contributed by atoms with van der Waals surface area (Å²) in [6.45, 7) is 2.47. The predicted molar refractivity (Wildman–Crippen MR) is 49.1 cm³/mol. The van der Waals surface area contributed by atoms with Crippen LogP contribution < -0.4 is 5.32 Å². The quantitative estimate of drug-likeness (QED) is 0.503. The van der Waals surface area contributed by atoms with E-state index in [0.29, 0.717) is 0 Å². The van der Waals surface area contributed by atoms with E-state index in [9.17, 15) is 0 Å². The van der Waals surface area contributed by atoms with Gasteiger partial charge >= 0.3 is 0 Å². The number of hydrogen-bond acceptors (Lipinski definition) is 1. The minimum absolute atomic E-state index is 0.926. The second-order valence-corrected chi connectivity index (χ2v) is 4.39. The third-order valence-corrected chi connectivity index (χ3v) is 3.00. The van der Waals surface area contributed by atoms with E-state index in [1.165, 1.54) is 38.8 Å². The molecule has 0 spiro atoms. The molecule has 0 amide bonds. The molecule has 1 N–H and O–H groups in total. The van der Waals surface area contributed by atoms with E-state index in [1.807, 2.05) is 0 Å². The zero-order valence-electron chi connectivity index (χ0n) is 5.70. The number of halogens is 1. The van der Waals surface area contributed by atoms with Crippen molar-refractivity contribution in [2.45, 2.75) is 29.6 Å². The van der Waals surface area contributed by atoms with Gasteiger partial charge in [0, 0.05) is 3.92 Å². The molecule has 1 saturated heterocycles. The number of nitrogens with one attached hydrogen (secondary N) is 1. The Morgan fingerprint density at radius 1 is 1.11 bits per heavy atom. The van der Waals surface area contributed by atoms with Crippen molar-refractivity contribution < 1.29 is 0 Å². The standard InChI is InChI=1S/C7H14IN/c8-7-3-1-2-5-9-6-4-7/h7,9H,1-6H2. The average molecular weight is 239 g/mol. The fourth-order valence-corrected chi connectivity index (χ4v) is 1.90. The lowest BCUT2D eigenvalue weighted by atomic mass is 10.1. The van der Waals surface area contributed by atoms with Gasteiger partial charge in [-0.3, -0.25) is 0 Å². The molecule has 0 aromatic heterocycles. The smallest absolute Gasteiger partial charge is 0.0122 e. The summed E-state index contributed by atoms with van der Waals surface area (Å²) in [4.78, 5) is 0. The Kier molecular flexibility index (Phi) is 3.89. The summed E-state index contributed by atoms with van der Waals surface area (Å²) in [6.07, 6.45) is 5.59. The second kappa shape index (κ2) is 4.50. The number of alkyl halides is 1. The molecule has 1 unspecified atom stereocenters. The van der Waals surface area contributed by atoms with E-state index in [-0.39, 0.29) is 0 Å². The lowest BCUT2D eigenvalue weighted by Gasteiger charge is -2.13. The van der Waals surface area contributed by atoms with E-state index in [4.69, 9.17) is 0 Å². The molecule has 0 radical (unpaired) electrons. The van der Waals surface area contributed by atoms with Crippen LogP contribution in [0.4, 0.5) is 0 Å². The highest BCUT2D eigenvalue weighted by Gasteiger charge is 2.05. The predicted octanol–water partition coefficient (Wildman–Crippen LogP) is 1.95. The number of rotatable bonds is 0. The summed E-state index contributed by atoms with van der Waals surface area (Å²) in [7, 11) is 0. The minimum Gasteiger partial charge on any atom is -0.317 e. The first-order chi connectivity index (χ1) is 4.39. The van der Waals surface area contributed by atoms with Crippen molar-refractivity contribution in [2.24, 2.45) is 0 Å². The first kappa shape index (κ1) is 7.79. The molecule has 0 saturated carbocycles. The molecule has 2 heteroatoms. The van der Waals surface area contributed by atoms with Gasteiger partial charge in [0.25, 0.3) is 0 Å².